The highest BCUT2D eigenvalue weighted by atomic mass is 16.5. The summed E-state index contributed by atoms with van der Waals surface area (Å²) in [6.07, 6.45) is 6.76. The van der Waals surface area contributed by atoms with Crippen molar-refractivity contribution in [2.75, 3.05) is 12.4 Å². The summed E-state index contributed by atoms with van der Waals surface area (Å²) in [6.45, 7) is 8.00. The summed E-state index contributed by atoms with van der Waals surface area (Å²) < 4.78 is 11.0. The van der Waals surface area contributed by atoms with Gasteiger partial charge in [0.15, 0.2) is 0 Å². The molecule has 1 aliphatic rings. The number of nitrogens with one attached hydrogen (secondary N) is 1. The normalized spacial score (nSPS) is 13.5. The molecule has 0 aliphatic heterocycles. The Balaban J connectivity index is 0.000000757. The number of ether oxygens (including phenoxy) is 1. The van der Waals surface area contributed by atoms with Gasteiger partial charge in [-0.3, -0.25) is 4.79 Å². The molecule has 6 heteroatoms. The first kappa shape index (κ1) is 23.4. The number of methoxy groups -OCH3 is 1. The van der Waals surface area contributed by atoms with Gasteiger partial charge in [0.05, 0.1) is 12.5 Å². The molecular weight excluding hydrogens is 378 g/mol. The second kappa shape index (κ2) is 12.0. The van der Waals surface area contributed by atoms with Crippen molar-refractivity contribution in [1.29, 1.82) is 0 Å². The average Bonchev–Trinajstić information content (AvgIpc) is 3.28. The molecule has 0 unspecified atom stereocenters. The molecule has 4 rings (SSSR count). The summed E-state index contributed by atoms with van der Waals surface area (Å²) >= 11 is 0. The molecule has 1 aromatic carbocycles. The van der Waals surface area contributed by atoms with E-state index in [0.717, 1.165) is 37.0 Å². The van der Waals surface area contributed by atoms with E-state index in [1.54, 1.807) is 7.11 Å². The average molecular weight is 412 g/mol. The van der Waals surface area contributed by atoms with Gasteiger partial charge in [-0.1, -0.05) is 47.0 Å². The fourth-order valence-corrected chi connectivity index (χ4v) is 3.44. The Morgan fingerprint density at radius 3 is 2.33 bits per heavy atom. The first-order chi connectivity index (χ1) is 14.7. The minimum Gasteiger partial charge on any atom is -0.497 e. The number of furan rings is 1. The number of rotatable bonds is 4. The van der Waals surface area contributed by atoms with Gasteiger partial charge in [-0.2, -0.15) is 0 Å². The van der Waals surface area contributed by atoms with Crippen molar-refractivity contribution in [1.82, 2.24) is 9.97 Å². The number of fused-ring (bicyclic) bond motifs is 1. The molecule has 1 aliphatic carbocycles. The summed E-state index contributed by atoms with van der Waals surface area (Å²) in [4.78, 5) is 21.0. The molecule has 0 spiro atoms. The maximum atomic E-state index is 12.5. The van der Waals surface area contributed by atoms with E-state index in [0.29, 0.717) is 22.7 Å². The van der Waals surface area contributed by atoms with E-state index in [4.69, 9.17) is 9.15 Å². The van der Waals surface area contributed by atoms with E-state index < -0.39 is 0 Å². The number of carbonyl (C=O) groups excluding carboxylic acids is 1. The number of amides is 1. The SMILES string of the molecule is CC.CC.COc1ccc(-c2cc3c(NC(=O)C4CCCCC4)ncnc3o2)cc1. The summed E-state index contributed by atoms with van der Waals surface area (Å²) in [6, 6.07) is 9.46. The van der Waals surface area contributed by atoms with Crippen molar-refractivity contribution in [3.05, 3.63) is 36.7 Å². The Morgan fingerprint density at radius 2 is 1.70 bits per heavy atom. The molecule has 2 aromatic heterocycles. The Labute approximate surface area is 179 Å². The number of carbonyl (C=O) groups is 1. The number of nitrogens with zero attached hydrogens (tertiary/aromatic N) is 2. The van der Waals surface area contributed by atoms with Crippen molar-refractivity contribution in [2.45, 2.75) is 59.8 Å². The third kappa shape index (κ3) is 5.59. The van der Waals surface area contributed by atoms with Gasteiger partial charge in [0.25, 0.3) is 0 Å². The van der Waals surface area contributed by atoms with Crippen molar-refractivity contribution in [3.63, 3.8) is 0 Å². The van der Waals surface area contributed by atoms with Gasteiger partial charge in [0.2, 0.25) is 11.6 Å². The highest BCUT2D eigenvalue weighted by Gasteiger charge is 2.22. The Kier molecular flexibility index (Phi) is 9.32. The summed E-state index contributed by atoms with van der Waals surface area (Å²) in [5.74, 6) is 2.08. The predicted octanol–water partition coefficient (Wildman–Crippen LogP) is 6.47. The first-order valence-corrected chi connectivity index (χ1v) is 10.9. The van der Waals surface area contributed by atoms with Crippen LogP contribution < -0.4 is 10.1 Å². The monoisotopic (exact) mass is 411 g/mol. The molecule has 1 fully saturated rings. The molecule has 1 amide bonds. The molecule has 1 saturated carbocycles. The van der Waals surface area contributed by atoms with E-state index in [1.807, 2.05) is 58.0 Å². The van der Waals surface area contributed by atoms with Gasteiger partial charge in [-0.15, -0.1) is 0 Å². The van der Waals surface area contributed by atoms with Crippen LogP contribution in [0.4, 0.5) is 5.82 Å². The van der Waals surface area contributed by atoms with Crippen LogP contribution in [-0.4, -0.2) is 23.0 Å². The van der Waals surface area contributed by atoms with Crippen LogP contribution in [0.1, 0.15) is 59.8 Å². The number of hydrogen-bond donors (Lipinski definition) is 1. The Bertz CT molecular complexity index is 913. The second-order valence-corrected chi connectivity index (χ2v) is 6.60. The van der Waals surface area contributed by atoms with Crippen molar-refractivity contribution in [3.8, 4) is 17.1 Å². The highest BCUT2D eigenvalue weighted by molar-refractivity contribution is 6.00. The van der Waals surface area contributed by atoms with Crippen LogP contribution in [0, 0.1) is 5.92 Å². The Hall–Kier alpha value is -2.89. The molecule has 162 valence electrons. The topological polar surface area (TPSA) is 77.2 Å². The quantitative estimate of drug-likeness (QED) is 0.532. The maximum absolute atomic E-state index is 12.5. The third-order valence-electron chi connectivity index (χ3n) is 4.92. The van der Waals surface area contributed by atoms with E-state index >= 15 is 0 Å². The molecule has 3 aromatic rings. The lowest BCUT2D eigenvalue weighted by Gasteiger charge is -2.20. The third-order valence-corrected chi connectivity index (χ3v) is 4.92. The summed E-state index contributed by atoms with van der Waals surface area (Å²) in [5, 5.41) is 3.68. The Morgan fingerprint density at radius 1 is 1.03 bits per heavy atom. The lowest BCUT2D eigenvalue weighted by Crippen LogP contribution is -2.25. The molecule has 2 heterocycles. The summed E-state index contributed by atoms with van der Waals surface area (Å²) in [7, 11) is 1.63. The predicted molar refractivity (Wildman–Crippen MR) is 122 cm³/mol. The van der Waals surface area contributed by atoms with Crippen LogP contribution in [0.5, 0.6) is 5.75 Å². The molecule has 0 radical (unpaired) electrons. The number of aromatic nitrogens is 2. The molecule has 30 heavy (non-hydrogen) atoms. The first-order valence-electron chi connectivity index (χ1n) is 10.9. The van der Waals surface area contributed by atoms with Gasteiger partial charge in [-0.05, 0) is 43.2 Å². The fraction of sp³-hybridized carbons (Fsp3) is 0.458. The van der Waals surface area contributed by atoms with Crippen LogP contribution >= 0.6 is 0 Å². The van der Waals surface area contributed by atoms with E-state index in [2.05, 4.69) is 15.3 Å². The van der Waals surface area contributed by atoms with Gasteiger partial charge < -0.3 is 14.5 Å². The number of benzene rings is 1. The van der Waals surface area contributed by atoms with Crippen LogP contribution in [-0.2, 0) is 4.79 Å². The minimum atomic E-state index is 0.0388. The zero-order valence-electron chi connectivity index (χ0n) is 18.7. The van der Waals surface area contributed by atoms with E-state index in [9.17, 15) is 4.79 Å². The van der Waals surface area contributed by atoms with Gasteiger partial charge in [0, 0.05) is 11.5 Å². The van der Waals surface area contributed by atoms with Crippen molar-refractivity contribution < 1.29 is 13.9 Å². The van der Waals surface area contributed by atoms with Crippen LogP contribution in [0.15, 0.2) is 41.1 Å². The zero-order valence-corrected chi connectivity index (χ0v) is 18.7. The van der Waals surface area contributed by atoms with Crippen LogP contribution in [0.2, 0.25) is 0 Å². The smallest absolute Gasteiger partial charge is 0.231 e. The van der Waals surface area contributed by atoms with E-state index in [-0.39, 0.29) is 11.8 Å². The van der Waals surface area contributed by atoms with Gasteiger partial charge in [0.1, 0.15) is 23.7 Å². The fourth-order valence-electron chi connectivity index (χ4n) is 3.44. The van der Waals surface area contributed by atoms with Crippen molar-refractivity contribution in [2.24, 2.45) is 5.92 Å². The lowest BCUT2D eigenvalue weighted by atomic mass is 9.89. The number of anilines is 1. The molecule has 0 saturated heterocycles. The molecule has 0 bridgehead atoms. The minimum absolute atomic E-state index is 0.0388. The standard InChI is InChI=1S/C20H21N3O3.2C2H6/c1-25-15-9-7-13(8-10-15)17-11-16-18(21-12-22-20(16)26-17)23-19(24)14-5-3-2-4-6-14;2*1-2/h7-12,14H,2-6H2,1H3,(H,21,22,23,24);2*1-2H3. The molecular formula is C24H33N3O3. The lowest BCUT2D eigenvalue weighted by molar-refractivity contribution is -0.120. The van der Waals surface area contributed by atoms with E-state index in [1.165, 1.54) is 12.7 Å². The largest absolute Gasteiger partial charge is 0.497 e. The zero-order chi connectivity index (χ0) is 21.9. The summed E-state index contributed by atoms with van der Waals surface area (Å²) in [5.41, 5.74) is 1.37. The van der Waals surface area contributed by atoms with Crippen molar-refractivity contribution >= 4 is 22.8 Å². The second-order valence-electron chi connectivity index (χ2n) is 6.60. The van der Waals surface area contributed by atoms with Gasteiger partial charge >= 0.3 is 0 Å². The highest BCUT2D eigenvalue weighted by Crippen LogP contribution is 2.31. The van der Waals surface area contributed by atoms with Crippen LogP contribution in [0.3, 0.4) is 0 Å². The number of hydrogen-bond acceptors (Lipinski definition) is 5. The molecule has 1 N–H and O–H groups in total. The molecule has 6 nitrogen and oxygen atoms in total. The van der Waals surface area contributed by atoms with Gasteiger partial charge in [-0.25, -0.2) is 9.97 Å². The van der Waals surface area contributed by atoms with Crippen LogP contribution in [0.25, 0.3) is 22.4 Å². The molecule has 0 atom stereocenters. The maximum Gasteiger partial charge on any atom is 0.231 e.